The van der Waals surface area contributed by atoms with Crippen LogP contribution in [0.4, 0.5) is 4.39 Å². The highest BCUT2D eigenvalue weighted by Gasteiger charge is 2.17. The molecule has 7 nitrogen and oxygen atoms in total. The van der Waals surface area contributed by atoms with Crippen LogP contribution >= 0.6 is 0 Å². The van der Waals surface area contributed by atoms with Crippen molar-refractivity contribution in [3.05, 3.63) is 71.2 Å². The molecule has 1 aliphatic heterocycles. The summed E-state index contributed by atoms with van der Waals surface area (Å²) in [7, 11) is 1.71. The minimum atomic E-state index is -0.207. The molecule has 1 aromatic heterocycles. The largest absolute Gasteiger partial charge is 0.461 e. The molecule has 0 unspecified atom stereocenters. The molecule has 2 heterocycles. The summed E-state index contributed by atoms with van der Waals surface area (Å²) in [5.74, 6) is 0.739. The second-order valence-corrected chi connectivity index (χ2v) is 11.2. The van der Waals surface area contributed by atoms with Gasteiger partial charge in [0.15, 0.2) is 0 Å². The molecule has 0 aliphatic carbocycles. The average Bonchev–Trinajstić information content (AvgIpc) is 3.35. The zero-order valence-electron chi connectivity index (χ0n) is 24.5. The van der Waals surface area contributed by atoms with Crippen LogP contribution in [-0.2, 0) is 33.7 Å². The number of amides is 1. The number of piperidine rings is 1. The van der Waals surface area contributed by atoms with Gasteiger partial charge in [0.2, 0.25) is 6.41 Å². The van der Waals surface area contributed by atoms with E-state index in [0.29, 0.717) is 12.6 Å². The number of benzene rings is 2. The predicted octanol–water partition coefficient (Wildman–Crippen LogP) is 5.11. The summed E-state index contributed by atoms with van der Waals surface area (Å²) < 4.78 is 29.8. The standard InChI is InChI=1S/C27H34FN3O3.C5H12O/c28-24-6-2-21(3-7-24)4-8-26-18-23-5-1-22(17-27(23)34-26)19-29-11-15-33-16-14-31-12-9-25(10-13-31)30-20-32;1-5(2,3)6-4/h1-3,5-7,17-18,20,25,29H,4,8-16,19H2,(H,30,32);1-4H3. The van der Waals surface area contributed by atoms with Crippen molar-refractivity contribution in [2.75, 3.05) is 46.5 Å². The maximum atomic E-state index is 13.1. The van der Waals surface area contributed by atoms with Gasteiger partial charge in [0.25, 0.3) is 0 Å². The fourth-order valence-corrected chi connectivity index (χ4v) is 4.37. The van der Waals surface area contributed by atoms with E-state index in [1.807, 2.05) is 32.9 Å². The lowest BCUT2D eigenvalue weighted by molar-refractivity contribution is -0.110. The van der Waals surface area contributed by atoms with Gasteiger partial charge in [0.1, 0.15) is 17.2 Å². The molecule has 220 valence electrons. The van der Waals surface area contributed by atoms with Gasteiger partial charge in [-0.25, -0.2) is 4.39 Å². The van der Waals surface area contributed by atoms with Crippen molar-refractivity contribution in [3.63, 3.8) is 0 Å². The first-order chi connectivity index (χ1) is 19.3. The van der Waals surface area contributed by atoms with Crippen molar-refractivity contribution in [2.45, 2.75) is 64.6 Å². The van der Waals surface area contributed by atoms with Gasteiger partial charge in [0, 0.05) is 57.7 Å². The van der Waals surface area contributed by atoms with E-state index in [9.17, 15) is 9.18 Å². The minimum Gasteiger partial charge on any atom is -0.461 e. The Kier molecular flexibility index (Phi) is 13.1. The molecule has 8 heteroatoms. The Hall–Kier alpha value is -2.78. The topological polar surface area (TPSA) is 76.0 Å². The maximum absolute atomic E-state index is 13.1. The second kappa shape index (κ2) is 16.5. The van der Waals surface area contributed by atoms with Crippen molar-refractivity contribution >= 4 is 17.4 Å². The van der Waals surface area contributed by atoms with Crippen molar-refractivity contribution in [1.82, 2.24) is 15.5 Å². The van der Waals surface area contributed by atoms with Crippen molar-refractivity contribution < 1.29 is 23.1 Å². The number of nitrogens with one attached hydrogen (secondary N) is 2. The Balaban J connectivity index is 0.000000663. The number of hydrogen-bond donors (Lipinski definition) is 2. The number of nitrogens with zero attached hydrogens (tertiary/aromatic N) is 1. The summed E-state index contributed by atoms with van der Waals surface area (Å²) >= 11 is 0. The smallest absolute Gasteiger partial charge is 0.207 e. The molecule has 0 spiro atoms. The number of ether oxygens (including phenoxy) is 2. The molecular formula is C32H46FN3O4. The molecule has 2 N–H and O–H groups in total. The van der Waals surface area contributed by atoms with E-state index in [1.54, 1.807) is 7.11 Å². The van der Waals surface area contributed by atoms with Crippen LogP contribution in [0.5, 0.6) is 0 Å². The van der Waals surface area contributed by atoms with Gasteiger partial charge < -0.3 is 29.4 Å². The number of fused-ring (bicyclic) bond motifs is 1. The third-order valence-electron chi connectivity index (χ3n) is 7.02. The second-order valence-electron chi connectivity index (χ2n) is 11.2. The minimum absolute atomic E-state index is 0.0417. The Morgan fingerprint density at radius 1 is 1.02 bits per heavy atom. The zero-order valence-corrected chi connectivity index (χ0v) is 24.5. The Morgan fingerprint density at radius 3 is 2.40 bits per heavy atom. The summed E-state index contributed by atoms with van der Waals surface area (Å²) in [6.45, 7) is 12.0. The number of methoxy groups -OCH3 is 1. The molecule has 1 saturated heterocycles. The summed E-state index contributed by atoms with van der Waals surface area (Å²) in [6.07, 6.45) is 4.44. The number of carbonyl (C=O) groups is 1. The van der Waals surface area contributed by atoms with Crippen LogP contribution in [0.2, 0.25) is 0 Å². The molecule has 2 aromatic carbocycles. The summed E-state index contributed by atoms with van der Waals surface area (Å²) in [5, 5.41) is 7.40. The van der Waals surface area contributed by atoms with Crippen molar-refractivity contribution in [3.8, 4) is 0 Å². The third kappa shape index (κ3) is 11.8. The van der Waals surface area contributed by atoms with Gasteiger partial charge >= 0.3 is 0 Å². The van der Waals surface area contributed by atoms with Gasteiger partial charge in [0.05, 0.1) is 18.8 Å². The highest BCUT2D eigenvalue weighted by atomic mass is 19.1. The van der Waals surface area contributed by atoms with Crippen molar-refractivity contribution in [1.29, 1.82) is 0 Å². The third-order valence-corrected chi connectivity index (χ3v) is 7.02. The first-order valence-corrected chi connectivity index (χ1v) is 14.3. The van der Waals surface area contributed by atoms with Crippen LogP contribution in [0.1, 0.15) is 50.5 Å². The molecule has 0 atom stereocenters. The molecule has 3 aromatic rings. The predicted molar refractivity (Wildman–Crippen MR) is 158 cm³/mol. The van der Waals surface area contributed by atoms with Gasteiger partial charge in [-0.1, -0.05) is 24.3 Å². The van der Waals surface area contributed by atoms with E-state index in [2.05, 4.69) is 39.8 Å². The van der Waals surface area contributed by atoms with E-state index in [4.69, 9.17) is 13.9 Å². The lowest BCUT2D eigenvalue weighted by Gasteiger charge is -2.31. The molecule has 4 rings (SSSR count). The lowest BCUT2D eigenvalue weighted by atomic mass is 10.1. The van der Waals surface area contributed by atoms with Crippen LogP contribution in [0.25, 0.3) is 11.0 Å². The number of hydrogen-bond acceptors (Lipinski definition) is 6. The molecule has 1 fully saturated rings. The van der Waals surface area contributed by atoms with E-state index < -0.39 is 0 Å². The summed E-state index contributed by atoms with van der Waals surface area (Å²) in [4.78, 5) is 12.9. The Morgan fingerprint density at radius 2 is 1.73 bits per heavy atom. The molecule has 1 amide bonds. The van der Waals surface area contributed by atoms with Crippen LogP contribution < -0.4 is 10.6 Å². The fourth-order valence-electron chi connectivity index (χ4n) is 4.37. The Bertz CT molecular complexity index is 1140. The highest BCUT2D eigenvalue weighted by Crippen LogP contribution is 2.22. The molecule has 0 radical (unpaired) electrons. The number of aryl methyl sites for hydroxylation is 2. The highest BCUT2D eigenvalue weighted by molar-refractivity contribution is 5.78. The first-order valence-electron chi connectivity index (χ1n) is 14.3. The normalized spacial score (nSPS) is 14.6. The molecule has 40 heavy (non-hydrogen) atoms. The molecule has 0 bridgehead atoms. The maximum Gasteiger partial charge on any atom is 0.207 e. The monoisotopic (exact) mass is 555 g/mol. The molecule has 0 saturated carbocycles. The number of furan rings is 1. The van der Waals surface area contributed by atoms with Crippen LogP contribution in [0, 0.1) is 5.82 Å². The molecular weight excluding hydrogens is 509 g/mol. The van der Waals surface area contributed by atoms with Gasteiger partial charge in [-0.2, -0.15) is 0 Å². The fraction of sp³-hybridized carbons (Fsp3) is 0.531. The zero-order chi connectivity index (χ0) is 28.8. The van der Waals surface area contributed by atoms with E-state index in [1.165, 1.54) is 17.7 Å². The summed E-state index contributed by atoms with van der Waals surface area (Å²) in [6, 6.07) is 15.4. The quantitative estimate of drug-likeness (QED) is 0.226. The van der Waals surface area contributed by atoms with Gasteiger partial charge in [-0.3, -0.25) is 4.79 Å². The van der Waals surface area contributed by atoms with Gasteiger partial charge in [-0.15, -0.1) is 0 Å². The van der Waals surface area contributed by atoms with Crippen LogP contribution in [0.15, 0.2) is 52.9 Å². The van der Waals surface area contributed by atoms with Crippen molar-refractivity contribution in [2.24, 2.45) is 0 Å². The van der Waals surface area contributed by atoms with Crippen LogP contribution in [-0.4, -0.2) is 69.5 Å². The number of halogens is 1. The van der Waals surface area contributed by atoms with Gasteiger partial charge in [-0.05, 0) is 75.4 Å². The van der Waals surface area contributed by atoms with E-state index >= 15 is 0 Å². The first kappa shape index (κ1) is 31.7. The van der Waals surface area contributed by atoms with E-state index in [0.717, 1.165) is 93.7 Å². The number of carbonyl (C=O) groups excluding carboxylic acids is 1. The number of rotatable bonds is 13. The summed E-state index contributed by atoms with van der Waals surface area (Å²) in [5.41, 5.74) is 3.22. The SMILES string of the molecule is COC(C)(C)C.O=CNC1CCN(CCOCCNCc2ccc3cc(CCc4ccc(F)cc4)oc3c2)CC1. The lowest BCUT2D eigenvalue weighted by Crippen LogP contribution is -2.43. The van der Waals surface area contributed by atoms with E-state index in [-0.39, 0.29) is 11.4 Å². The van der Waals surface area contributed by atoms with Crippen LogP contribution in [0.3, 0.4) is 0 Å². The number of likely N-dealkylation sites (tertiary alicyclic amines) is 1. The molecule has 1 aliphatic rings. The average molecular weight is 556 g/mol. The Labute approximate surface area is 238 Å².